The number of aldehydes is 1. The molecule has 1 atom stereocenters. The number of hydrogen-bond acceptors (Lipinski definition) is 4. The molecule has 1 aliphatic heterocycles. The lowest BCUT2D eigenvalue weighted by Crippen LogP contribution is -2.12. The summed E-state index contributed by atoms with van der Waals surface area (Å²) in [7, 11) is 0. The average molecular weight is 211 g/mol. The summed E-state index contributed by atoms with van der Waals surface area (Å²) >= 11 is 2.00. The highest BCUT2D eigenvalue weighted by Gasteiger charge is 2.16. The van der Waals surface area contributed by atoms with Crippen molar-refractivity contribution in [3.05, 3.63) is 17.5 Å². The van der Waals surface area contributed by atoms with Crippen LogP contribution in [0.15, 0.2) is 10.6 Å². The van der Waals surface area contributed by atoms with Crippen molar-refractivity contribution in [1.29, 1.82) is 0 Å². The van der Waals surface area contributed by atoms with E-state index in [2.05, 4.69) is 5.16 Å². The summed E-state index contributed by atoms with van der Waals surface area (Å²) in [6.07, 6.45) is 4.21. The lowest BCUT2D eigenvalue weighted by Gasteiger charge is -2.19. The number of thioether (sulfide) groups is 1. The highest BCUT2D eigenvalue weighted by atomic mass is 32.2. The first-order valence-corrected chi connectivity index (χ1v) is 6.02. The van der Waals surface area contributed by atoms with Gasteiger partial charge in [0.05, 0.1) is 0 Å². The summed E-state index contributed by atoms with van der Waals surface area (Å²) < 4.78 is 5.07. The Kier molecular flexibility index (Phi) is 3.24. The van der Waals surface area contributed by atoms with Gasteiger partial charge in [0, 0.05) is 12.5 Å². The molecule has 2 rings (SSSR count). The molecule has 0 spiro atoms. The average Bonchev–Trinajstić information content (AvgIpc) is 2.67. The largest absolute Gasteiger partial charge is 0.361 e. The van der Waals surface area contributed by atoms with Crippen molar-refractivity contribution in [1.82, 2.24) is 5.16 Å². The van der Waals surface area contributed by atoms with E-state index in [-0.39, 0.29) is 0 Å². The van der Waals surface area contributed by atoms with Gasteiger partial charge in [-0.15, -0.1) is 0 Å². The summed E-state index contributed by atoms with van der Waals surface area (Å²) in [5, 5.41) is 3.65. The number of carbonyl (C=O) groups excluding carboxylic acids is 1. The van der Waals surface area contributed by atoms with Crippen molar-refractivity contribution in [2.75, 3.05) is 11.5 Å². The highest BCUT2D eigenvalue weighted by molar-refractivity contribution is 7.99. The molecule has 0 aliphatic carbocycles. The van der Waals surface area contributed by atoms with Crippen LogP contribution in [0, 0.1) is 5.92 Å². The predicted molar refractivity (Wildman–Crippen MR) is 55.6 cm³/mol. The first-order chi connectivity index (χ1) is 6.88. The Morgan fingerprint density at radius 1 is 1.71 bits per heavy atom. The van der Waals surface area contributed by atoms with Crippen molar-refractivity contribution in [3.63, 3.8) is 0 Å². The van der Waals surface area contributed by atoms with E-state index in [1.807, 2.05) is 11.8 Å². The Morgan fingerprint density at radius 3 is 3.29 bits per heavy atom. The Hall–Kier alpha value is -0.770. The second-order valence-electron chi connectivity index (χ2n) is 3.62. The zero-order chi connectivity index (χ0) is 9.80. The summed E-state index contributed by atoms with van der Waals surface area (Å²) in [6, 6.07) is 1.74. The van der Waals surface area contributed by atoms with Crippen LogP contribution in [0.2, 0.25) is 0 Å². The molecular weight excluding hydrogens is 198 g/mol. The van der Waals surface area contributed by atoms with E-state index in [0.717, 1.165) is 18.5 Å². The highest BCUT2D eigenvalue weighted by Crippen LogP contribution is 2.25. The second-order valence-corrected chi connectivity index (χ2v) is 4.77. The molecule has 0 aromatic carbocycles. The molecule has 14 heavy (non-hydrogen) atoms. The normalized spacial score (nSPS) is 22.1. The summed E-state index contributed by atoms with van der Waals surface area (Å²) in [6.45, 7) is 0. The number of rotatable bonds is 3. The van der Waals surface area contributed by atoms with Gasteiger partial charge < -0.3 is 4.52 Å². The Bertz CT molecular complexity index is 305. The van der Waals surface area contributed by atoms with Gasteiger partial charge in [0.2, 0.25) is 0 Å². The van der Waals surface area contributed by atoms with Gasteiger partial charge in [-0.1, -0.05) is 5.16 Å². The molecule has 0 saturated carbocycles. The van der Waals surface area contributed by atoms with E-state index in [0.29, 0.717) is 11.6 Å². The molecule has 3 nitrogen and oxygen atoms in total. The van der Waals surface area contributed by atoms with Crippen molar-refractivity contribution in [2.45, 2.75) is 19.3 Å². The fraction of sp³-hybridized carbons (Fsp3) is 0.600. The van der Waals surface area contributed by atoms with Crippen molar-refractivity contribution in [2.24, 2.45) is 5.92 Å². The maximum absolute atomic E-state index is 10.4. The minimum absolute atomic E-state index is 0.406. The zero-order valence-electron chi connectivity index (χ0n) is 7.94. The molecule has 1 aromatic heterocycles. The molecule has 0 radical (unpaired) electrons. The van der Waals surface area contributed by atoms with Gasteiger partial charge in [-0.3, -0.25) is 4.79 Å². The Balaban J connectivity index is 1.92. The molecule has 2 heterocycles. The quantitative estimate of drug-likeness (QED) is 0.719. The van der Waals surface area contributed by atoms with Crippen LogP contribution in [0.25, 0.3) is 0 Å². The van der Waals surface area contributed by atoms with Gasteiger partial charge in [0.25, 0.3) is 0 Å². The molecule has 1 fully saturated rings. The summed E-state index contributed by atoms with van der Waals surface area (Å²) in [5.74, 6) is 4.03. The third kappa shape index (κ3) is 2.38. The molecule has 0 amide bonds. The van der Waals surface area contributed by atoms with Crippen LogP contribution < -0.4 is 0 Å². The van der Waals surface area contributed by atoms with Crippen LogP contribution in [0.3, 0.4) is 0 Å². The molecule has 0 N–H and O–H groups in total. The van der Waals surface area contributed by atoms with Crippen LogP contribution in [0.4, 0.5) is 0 Å². The standard InChI is InChI=1S/C10H13NO2S/c12-6-9-5-10(13-11-9)4-8-2-1-3-14-7-8/h5-6,8H,1-4,7H2. The third-order valence-electron chi connectivity index (χ3n) is 2.44. The van der Waals surface area contributed by atoms with Crippen molar-refractivity contribution in [3.8, 4) is 0 Å². The maximum Gasteiger partial charge on any atom is 0.171 e. The van der Waals surface area contributed by atoms with Gasteiger partial charge >= 0.3 is 0 Å². The predicted octanol–water partition coefficient (Wildman–Crippen LogP) is 2.17. The molecule has 76 valence electrons. The number of carbonyl (C=O) groups is 1. The van der Waals surface area contributed by atoms with E-state index < -0.39 is 0 Å². The second kappa shape index (κ2) is 4.64. The molecule has 1 saturated heterocycles. The van der Waals surface area contributed by atoms with E-state index >= 15 is 0 Å². The molecular formula is C10H13NO2S. The summed E-state index contributed by atoms with van der Waals surface area (Å²) in [5.41, 5.74) is 0.406. The van der Waals surface area contributed by atoms with Crippen molar-refractivity contribution >= 4 is 18.0 Å². The topological polar surface area (TPSA) is 43.1 Å². The van der Waals surface area contributed by atoms with Gasteiger partial charge in [-0.25, -0.2) is 0 Å². The molecule has 1 unspecified atom stereocenters. The fourth-order valence-corrected chi connectivity index (χ4v) is 2.89. The Labute approximate surface area is 87.2 Å². The van der Waals surface area contributed by atoms with E-state index in [1.54, 1.807) is 6.07 Å². The fourth-order valence-electron chi connectivity index (χ4n) is 1.73. The monoisotopic (exact) mass is 211 g/mol. The summed E-state index contributed by atoms with van der Waals surface area (Å²) in [4.78, 5) is 10.4. The maximum atomic E-state index is 10.4. The molecule has 1 aromatic rings. The van der Waals surface area contributed by atoms with Crippen LogP contribution >= 0.6 is 11.8 Å². The number of aromatic nitrogens is 1. The minimum Gasteiger partial charge on any atom is -0.361 e. The van der Waals surface area contributed by atoms with Gasteiger partial charge in [0.15, 0.2) is 6.29 Å². The van der Waals surface area contributed by atoms with Gasteiger partial charge in [-0.05, 0) is 30.3 Å². The first-order valence-electron chi connectivity index (χ1n) is 4.87. The van der Waals surface area contributed by atoms with Crippen LogP contribution in [0.5, 0.6) is 0 Å². The lowest BCUT2D eigenvalue weighted by molar-refractivity contribution is 0.111. The van der Waals surface area contributed by atoms with Gasteiger partial charge in [-0.2, -0.15) is 11.8 Å². The van der Waals surface area contributed by atoms with Crippen molar-refractivity contribution < 1.29 is 9.32 Å². The number of hydrogen-bond donors (Lipinski definition) is 0. The smallest absolute Gasteiger partial charge is 0.171 e. The van der Waals surface area contributed by atoms with Crippen LogP contribution in [0.1, 0.15) is 29.1 Å². The van der Waals surface area contributed by atoms with E-state index in [9.17, 15) is 4.79 Å². The minimum atomic E-state index is 0.406. The van der Waals surface area contributed by atoms with Gasteiger partial charge in [0.1, 0.15) is 11.5 Å². The Morgan fingerprint density at radius 2 is 2.64 bits per heavy atom. The first kappa shape index (κ1) is 9.77. The van der Waals surface area contributed by atoms with Crippen LogP contribution in [-0.4, -0.2) is 22.9 Å². The lowest BCUT2D eigenvalue weighted by atomic mass is 10.00. The number of nitrogens with zero attached hydrogens (tertiary/aromatic N) is 1. The molecule has 0 bridgehead atoms. The van der Waals surface area contributed by atoms with E-state index in [1.165, 1.54) is 24.3 Å². The molecule has 4 heteroatoms. The SMILES string of the molecule is O=Cc1cc(CC2CCCSC2)on1. The van der Waals surface area contributed by atoms with E-state index in [4.69, 9.17) is 4.52 Å². The molecule has 1 aliphatic rings. The zero-order valence-corrected chi connectivity index (χ0v) is 8.76. The third-order valence-corrected chi connectivity index (χ3v) is 3.73. The van der Waals surface area contributed by atoms with Crippen LogP contribution in [-0.2, 0) is 6.42 Å².